The first-order chi connectivity index (χ1) is 15.5. The summed E-state index contributed by atoms with van der Waals surface area (Å²) in [4.78, 5) is 12.2. The second kappa shape index (κ2) is 8.68. The Kier molecular flexibility index (Phi) is 6.21. The highest BCUT2D eigenvalue weighted by Crippen LogP contribution is 2.53. The number of aryl methyl sites for hydroxylation is 1. The lowest BCUT2D eigenvalue weighted by Crippen LogP contribution is -2.52. The second-order valence-corrected chi connectivity index (χ2v) is 11.0. The number of hydrogen-bond donors (Lipinski definition) is 1. The molecule has 0 spiro atoms. The summed E-state index contributed by atoms with van der Waals surface area (Å²) >= 11 is 0. The van der Waals surface area contributed by atoms with Gasteiger partial charge in [-0.15, -0.1) is 0 Å². The van der Waals surface area contributed by atoms with Crippen molar-refractivity contribution in [3.8, 4) is 11.5 Å². The largest absolute Gasteiger partial charge is 0.497 e. The lowest BCUT2D eigenvalue weighted by molar-refractivity contribution is -0.188. The Bertz CT molecular complexity index is 1000. The predicted octanol–water partition coefficient (Wildman–Crippen LogP) is 5.94. The normalized spacial score (nSPS) is 26.0. The number of rotatable bonds is 5. The Hall–Kier alpha value is -2.53. The average Bonchev–Trinajstić information content (AvgIpc) is 2.76. The SMILES string of the molecule is COc1ccc2c(c1)[C@H]1O[C@@H](CCc3ccc(C(C)(C)C)cc3)[C@@H](C(=O)O)C[C@@H]1C(C)(C)O2. The monoisotopic (exact) mass is 452 g/mol. The molecule has 2 aromatic carbocycles. The molecule has 2 aliphatic rings. The molecule has 1 saturated heterocycles. The molecule has 0 amide bonds. The smallest absolute Gasteiger partial charge is 0.309 e. The van der Waals surface area contributed by atoms with Crippen molar-refractivity contribution in [2.45, 2.75) is 77.1 Å². The maximum atomic E-state index is 12.2. The quantitative estimate of drug-likeness (QED) is 0.608. The highest BCUT2D eigenvalue weighted by atomic mass is 16.5. The zero-order valence-corrected chi connectivity index (χ0v) is 20.6. The van der Waals surface area contributed by atoms with E-state index in [-0.39, 0.29) is 23.5 Å². The Morgan fingerprint density at radius 2 is 1.85 bits per heavy atom. The molecule has 0 bridgehead atoms. The molecule has 0 aliphatic carbocycles. The lowest BCUT2D eigenvalue weighted by Gasteiger charge is -2.50. The number of methoxy groups -OCH3 is 1. The van der Waals surface area contributed by atoms with Crippen molar-refractivity contribution in [2.75, 3.05) is 7.11 Å². The molecule has 0 radical (unpaired) electrons. The minimum Gasteiger partial charge on any atom is -0.497 e. The fourth-order valence-electron chi connectivity index (χ4n) is 5.20. The predicted molar refractivity (Wildman–Crippen MR) is 128 cm³/mol. The van der Waals surface area contributed by atoms with Gasteiger partial charge in [0.1, 0.15) is 17.1 Å². The minimum absolute atomic E-state index is 0.0551. The molecule has 0 unspecified atom stereocenters. The van der Waals surface area contributed by atoms with Gasteiger partial charge in [-0.25, -0.2) is 0 Å². The third kappa shape index (κ3) is 4.74. The van der Waals surface area contributed by atoms with Crippen LogP contribution in [-0.2, 0) is 21.4 Å². The number of hydrogen-bond acceptors (Lipinski definition) is 4. The van der Waals surface area contributed by atoms with Gasteiger partial charge in [-0.2, -0.15) is 0 Å². The molecular formula is C28H36O5. The number of ether oxygens (including phenoxy) is 3. The molecule has 2 aromatic rings. The molecule has 0 saturated carbocycles. The second-order valence-electron chi connectivity index (χ2n) is 11.0. The summed E-state index contributed by atoms with van der Waals surface area (Å²) in [5.74, 6) is 0.118. The number of carbonyl (C=O) groups is 1. The van der Waals surface area contributed by atoms with E-state index in [1.54, 1.807) is 7.11 Å². The van der Waals surface area contributed by atoms with Crippen LogP contribution in [0.3, 0.4) is 0 Å². The Morgan fingerprint density at radius 1 is 1.15 bits per heavy atom. The van der Waals surface area contributed by atoms with Gasteiger partial charge in [-0.3, -0.25) is 4.79 Å². The van der Waals surface area contributed by atoms with E-state index in [0.29, 0.717) is 12.8 Å². The molecule has 2 aliphatic heterocycles. The lowest BCUT2D eigenvalue weighted by atomic mass is 9.71. The van der Waals surface area contributed by atoms with Crippen LogP contribution in [0.4, 0.5) is 0 Å². The molecule has 1 N–H and O–H groups in total. The maximum absolute atomic E-state index is 12.2. The van der Waals surface area contributed by atoms with E-state index in [4.69, 9.17) is 14.2 Å². The summed E-state index contributed by atoms with van der Waals surface area (Å²) in [5, 5.41) is 10.0. The van der Waals surface area contributed by atoms with Crippen LogP contribution in [0.15, 0.2) is 42.5 Å². The number of fused-ring (bicyclic) bond motifs is 3. The van der Waals surface area contributed by atoms with Crippen LogP contribution in [0.5, 0.6) is 11.5 Å². The number of aliphatic carboxylic acids is 1. The number of benzene rings is 2. The molecule has 1 fully saturated rings. The van der Waals surface area contributed by atoms with Gasteiger partial charge >= 0.3 is 5.97 Å². The molecule has 5 nitrogen and oxygen atoms in total. The molecule has 2 heterocycles. The Labute approximate surface area is 197 Å². The molecule has 5 heteroatoms. The van der Waals surface area contributed by atoms with Crippen LogP contribution >= 0.6 is 0 Å². The van der Waals surface area contributed by atoms with E-state index >= 15 is 0 Å². The van der Waals surface area contributed by atoms with Crippen molar-refractivity contribution in [2.24, 2.45) is 11.8 Å². The first kappa shape index (κ1) is 23.6. The summed E-state index contributed by atoms with van der Waals surface area (Å²) in [6.45, 7) is 10.7. The summed E-state index contributed by atoms with van der Waals surface area (Å²) in [7, 11) is 1.64. The van der Waals surface area contributed by atoms with Gasteiger partial charge in [0.2, 0.25) is 0 Å². The molecule has 178 valence electrons. The zero-order valence-electron chi connectivity index (χ0n) is 20.6. The van der Waals surface area contributed by atoms with Gasteiger partial charge in [-0.05, 0) is 67.9 Å². The van der Waals surface area contributed by atoms with Crippen molar-refractivity contribution in [1.29, 1.82) is 0 Å². The highest BCUT2D eigenvalue weighted by Gasteiger charge is 2.52. The third-order valence-corrected chi connectivity index (χ3v) is 7.29. The molecular weight excluding hydrogens is 416 g/mol. The van der Waals surface area contributed by atoms with E-state index in [1.165, 1.54) is 11.1 Å². The summed E-state index contributed by atoms with van der Waals surface area (Å²) < 4.78 is 18.3. The zero-order chi connectivity index (χ0) is 24.0. The Balaban J connectivity index is 1.58. The van der Waals surface area contributed by atoms with E-state index in [1.807, 2.05) is 32.0 Å². The summed E-state index contributed by atoms with van der Waals surface area (Å²) in [5.41, 5.74) is 3.03. The number of carboxylic acid groups (broad SMARTS) is 1. The Morgan fingerprint density at radius 3 is 2.45 bits per heavy atom. The van der Waals surface area contributed by atoms with Crippen LogP contribution in [0, 0.1) is 11.8 Å². The van der Waals surface area contributed by atoms with E-state index in [0.717, 1.165) is 23.5 Å². The molecule has 4 rings (SSSR count). The van der Waals surface area contributed by atoms with Gasteiger partial charge in [-0.1, -0.05) is 45.0 Å². The maximum Gasteiger partial charge on any atom is 0.309 e. The van der Waals surface area contributed by atoms with Crippen molar-refractivity contribution in [3.63, 3.8) is 0 Å². The van der Waals surface area contributed by atoms with Gasteiger partial charge in [0.15, 0.2) is 0 Å². The first-order valence-corrected chi connectivity index (χ1v) is 11.8. The van der Waals surface area contributed by atoms with Crippen LogP contribution < -0.4 is 9.47 Å². The fourth-order valence-corrected chi connectivity index (χ4v) is 5.20. The third-order valence-electron chi connectivity index (χ3n) is 7.29. The van der Waals surface area contributed by atoms with Crippen molar-refractivity contribution in [3.05, 3.63) is 59.2 Å². The molecule has 33 heavy (non-hydrogen) atoms. The van der Waals surface area contributed by atoms with Crippen molar-refractivity contribution < 1.29 is 24.1 Å². The van der Waals surface area contributed by atoms with Gasteiger partial charge in [0.05, 0.1) is 25.2 Å². The molecule has 0 aromatic heterocycles. The van der Waals surface area contributed by atoms with Crippen molar-refractivity contribution >= 4 is 5.97 Å². The average molecular weight is 453 g/mol. The van der Waals surface area contributed by atoms with Gasteiger partial charge in [0.25, 0.3) is 0 Å². The topological polar surface area (TPSA) is 65.0 Å². The summed E-state index contributed by atoms with van der Waals surface area (Å²) in [6.07, 6.45) is 1.38. The van der Waals surface area contributed by atoms with Crippen LogP contribution in [-0.4, -0.2) is 29.9 Å². The minimum atomic E-state index is -0.797. The van der Waals surface area contributed by atoms with E-state index in [2.05, 4.69) is 45.0 Å². The van der Waals surface area contributed by atoms with Crippen LogP contribution in [0.25, 0.3) is 0 Å². The highest BCUT2D eigenvalue weighted by molar-refractivity contribution is 5.71. The van der Waals surface area contributed by atoms with Gasteiger partial charge in [0, 0.05) is 11.5 Å². The number of carboxylic acids is 1. The summed E-state index contributed by atoms with van der Waals surface area (Å²) in [6, 6.07) is 14.4. The first-order valence-electron chi connectivity index (χ1n) is 11.8. The fraction of sp³-hybridized carbons (Fsp3) is 0.536. The van der Waals surface area contributed by atoms with Crippen molar-refractivity contribution in [1.82, 2.24) is 0 Å². The van der Waals surface area contributed by atoms with E-state index in [9.17, 15) is 9.90 Å². The van der Waals surface area contributed by atoms with Gasteiger partial charge < -0.3 is 19.3 Å². The molecule has 4 atom stereocenters. The standard InChI is InChI=1S/C28H36O5/c1-27(2,3)18-10-7-17(8-11-18)9-13-23-21(26(29)30)16-22-25(32-23)20-15-19(31-6)12-14-24(20)33-28(22,4)5/h7-8,10-12,14-15,21-23,25H,9,13,16H2,1-6H3,(H,29,30)/t21-,22-,23-,25+/m0/s1. The van der Waals surface area contributed by atoms with Crippen LogP contribution in [0.1, 0.15) is 70.3 Å². The van der Waals surface area contributed by atoms with E-state index < -0.39 is 17.5 Å². The van der Waals surface area contributed by atoms with Crippen LogP contribution in [0.2, 0.25) is 0 Å².